The van der Waals surface area contributed by atoms with Crippen molar-refractivity contribution in [2.75, 3.05) is 18.0 Å². The molecule has 0 amide bonds. The van der Waals surface area contributed by atoms with Gasteiger partial charge in [0.25, 0.3) is 0 Å². The van der Waals surface area contributed by atoms with Crippen LogP contribution in [0.4, 0.5) is 10.1 Å². The first-order valence-corrected chi connectivity index (χ1v) is 8.07. The van der Waals surface area contributed by atoms with E-state index in [1.807, 2.05) is 6.07 Å². The van der Waals surface area contributed by atoms with Gasteiger partial charge in [-0.05, 0) is 36.8 Å². The third-order valence-electron chi connectivity index (χ3n) is 3.52. The first-order valence-electron chi connectivity index (χ1n) is 7.54. The zero-order valence-electron chi connectivity index (χ0n) is 13.1. The Morgan fingerprint density at radius 2 is 1.60 bits per heavy atom. The molecule has 1 aromatic rings. The number of anilines is 1. The third kappa shape index (κ3) is 5.32. The van der Waals surface area contributed by atoms with Gasteiger partial charge in [-0.2, -0.15) is 0 Å². The molecule has 1 nitrogen and oxygen atoms in total. The van der Waals surface area contributed by atoms with Crippen molar-refractivity contribution in [2.45, 2.75) is 46.4 Å². The molecule has 1 aromatic carbocycles. The summed E-state index contributed by atoms with van der Waals surface area (Å²) in [4.78, 5) is 2.29. The third-order valence-corrected chi connectivity index (χ3v) is 3.79. The highest BCUT2D eigenvalue weighted by Gasteiger charge is 2.15. The summed E-state index contributed by atoms with van der Waals surface area (Å²) >= 11 is 5.94. The van der Waals surface area contributed by atoms with Gasteiger partial charge in [0.1, 0.15) is 5.82 Å². The smallest absolute Gasteiger partial charge is 0.129 e. The maximum absolute atomic E-state index is 13.9. The molecule has 0 unspecified atom stereocenters. The second-order valence-corrected chi connectivity index (χ2v) is 6.49. The van der Waals surface area contributed by atoms with Gasteiger partial charge in [0.15, 0.2) is 0 Å². The van der Waals surface area contributed by atoms with Crippen LogP contribution in [0, 0.1) is 17.7 Å². The van der Waals surface area contributed by atoms with E-state index in [2.05, 4.69) is 32.6 Å². The number of nitrogens with zero attached hydrogens (tertiary/aromatic N) is 1. The first kappa shape index (κ1) is 17.3. The summed E-state index contributed by atoms with van der Waals surface area (Å²) in [7, 11) is 0. The van der Waals surface area contributed by atoms with Gasteiger partial charge in [-0.25, -0.2) is 4.39 Å². The number of rotatable bonds is 8. The molecule has 0 spiro atoms. The molecular formula is C17H27ClFN. The van der Waals surface area contributed by atoms with Crippen LogP contribution in [0.1, 0.15) is 46.1 Å². The van der Waals surface area contributed by atoms with Crippen molar-refractivity contribution in [3.05, 3.63) is 29.6 Å². The van der Waals surface area contributed by atoms with Gasteiger partial charge in [0.05, 0.1) is 5.88 Å². The Bertz CT molecular complexity index is 392. The molecule has 114 valence electrons. The summed E-state index contributed by atoms with van der Waals surface area (Å²) in [6.45, 7) is 10.8. The fourth-order valence-electron chi connectivity index (χ4n) is 2.16. The molecule has 0 saturated carbocycles. The Kier molecular flexibility index (Phi) is 7.36. The number of benzene rings is 1. The van der Waals surface area contributed by atoms with Crippen LogP contribution in [0.3, 0.4) is 0 Å². The standard InChI is InChI=1S/C17H27ClFN/c1-13(2)8-10-20(11-9-14(3)4)17-7-5-6-16(19)15(17)12-18/h5-7,13-14H,8-12H2,1-4H3. The highest BCUT2D eigenvalue weighted by Crippen LogP contribution is 2.26. The van der Waals surface area contributed by atoms with Gasteiger partial charge in [-0.3, -0.25) is 0 Å². The molecule has 0 bridgehead atoms. The van der Waals surface area contributed by atoms with Crippen molar-refractivity contribution < 1.29 is 4.39 Å². The van der Waals surface area contributed by atoms with E-state index in [4.69, 9.17) is 11.6 Å². The number of hydrogen-bond donors (Lipinski definition) is 0. The average molecular weight is 300 g/mol. The normalized spacial score (nSPS) is 11.4. The second-order valence-electron chi connectivity index (χ2n) is 6.22. The Labute approximate surface area is 128 Å². The number of hydrogen-bond acceptors (Lipinski definition) is 1. The minimum absolute atomic E-state index is 0.198. The van der Waals surface area contributed by atoms with E-state index in [0.29, 0.717) is 17.4 Å². The van der Waals surface area contributed by atoms with Crippen LogP contribution in [0.15, 0.2) is 18.2 Å². The molecule has 0 aromatic heterocycles. The van der Waals surface area contributed by atoms with Crippen molar-refractivity contribution in [1.82, 2.24) is 0 Å². The summed E-state index contributed by atoms with van der Waals surface area (Å²) in [5.74, 6) is 1.31. The van der Waals surface area contributed by atoms with Gasteiger partial charge in [0, 0.05) is 24.3 Å². The summed E-state index contributed by atoms with van der Waals surface area (Å²) in [6, 6.07) is 5.25. The summed E-state index contributed by atoms with van der Waals surface area (Å²) in [5.41, 5.74) is 1.59. The Morgan fingerprint density at radius 1 is 1.05 bits per heavy atom. The fourth-order valence-corrected chi connectivity index (χ4v) is 2.42. The minimum atomic E-state index is -0.198. The van der Waals surface area contributed by atoms with Crippen molar-refractivity contribution in [3.63, 3.8) is 0 Å². The zero-order valence-corrected chi connectivity index (χ0v) is 13.9. The number of alkyl halides is 1. The highest BCUT2D eigenvalue weighted by molar-refractivity contribution is 6.17. The Balaban J connectivity index is 2.93. The van der Waals surface area contributed by atoms with Gasteiger partial charge in [-0.15, -0.1) is 11.6 Å². The molecule has 0 aliphatic heterocycles. The molecule has 0 atom stereocenters. The van der Waals surface area contributed by atoms with E-state index in [0.717, 1.165) is 31.6 Å². The van der Waals surface area contributed by atoms with Crippen LogP contribution >= 0.6 is 11.6 Å². The molecule has 0 saturated heterocycles. The van der Waals surface area contributed by atoms with Gasteiger partial charge >= 0.3 is 0 Å². The lowest BCUT2D eigenvalue weighted by Crippen LogP contribution is -2.28. The van der Waals surface area contributed by atoms with Crippen LogP contribution < -0.4 is 4.90 Å². The van der Waals surface area contributed by atoms with Crippen LogP contribution in [0.25, 0.3) is 0 Å². The first-order chi connectivity index (χ1) is 9.45. The van der Waals surface area contributed by atoms with E-state index in [9.17, 15) is 4.39 Å². The lowest BCUT2D eigenvalue weighted by molar-refractivity contribution is 0.533. The quantitative estimate of drug-likeness (QED) is 0.576. The van der Waals surface area contributed by atoms with Crippen LogP contribution in [0.2, 0.25) is 0 Å². The lowest BCUT2D eigenvalue weighted by Gasteiger charge is -2.28. The summed E-state index contributed by atoms with van der Waals surface area (Å²) < 4.78 is 13.9. The molecule has 0 aliphatic rings. The van der Waals surface area contributed by atoms with Crippen LogP contribution in [-0.4, -0.2) is 13.1 Å². The van der Waals surface area contributed by atoms with Crippen molar-refractivity contribution in [1.29, 1.82) is 0 Å². The van der Waals surface area contributed by atoms with E-state index >= 15 is 0 Å². The fraction of sp³-hybridized carbons (Fsp3) is 0.647. The largest absolute Gasteiger partial charge is 0.371 e. The van der Waals surface area contributed by atoms with Gasteiger partial charge < -0.3 is 4.90 Å². The molecule has 0 fully saturated rings. The summed E-state index contributed by atoms with van der Waals surface area (Å²) in [5, 5.41) is 0. The average Bonchev–Trinajstić information content (AvgIpc) is 2.38. The van der Waals surface area contributed by atoms with E-state index < -0.39 is 0 Å². The van der Waals surface area contributed by atoms with Crippen LogP contribution in [0.5, 0.6) is 0 Å². The van der Waals surface area contributed by atoms with Crippen molar-refractivity contribution in [3.8, 4) is 0 Å². The second kappa shape index (κ2) is 8.51. The van der Waals surface area contributed by atoms with E-state index in [1.54, 1.807) is 6.07 Å². The molecule has 0 aliphatic carbocycles. The molecule has 0 heterocycles. The Hall–Kier alpha value is -0.760. The van der Waals surface area contributed by atoms with Crippen LogP contribution in [-0.2, 0) is 5.88 Å². The highest BCUT2D eigenvalue weighted by atomic mass is 35.5. The molecule has 0 radical (unpaired) electrons. The van der Waals surface area contributed by atoms with E-state index in [1.165, 1.54) is 6.07 Å². The maximum atomic E-state index is 13.9. The van der Waals surface area contributed by atoms with Gasteiger partial charge in [0.2, 0.25) is 0 Å². The number of halogens is 2. The molecular weight excluding hydrogens is 273 g/mol. The van der Waals surface area contributed by atoms with Crippen molar-refractivity contribution >= 4 is 17.3 Å². The Morgan fingerprint density at radius 3 is 2.05 bits per heavy atom. The predicted octanol–water partition coefficient (Wildman–Crippen LogP) is 5.46. The molecule has 1 rings (SSSR count). The monoisotopic (exact) mass is 299 g/mol. The SMILES string of the molecule is CC(C)CCN(CCC(C)C)c1cccc(F)c1CCl. The molecule has 0 N–H and O–H groups in total. The van der Waals surface area contributed by atoms with E-state index in [-0.39, 0.29) is 11.7 Å². The van der Waals surface area contributed by atoms with Crippen molar-refractivity contribution in [2.24, 2.45) is 11.8 Å². The minimum Gasteiger partial charge on any atom is -0.371 e. The molecule has 20 heavy (non-hydrogen) atoms. The summed E-state index contributed by atoms with van der Waals surface area (Å²) in [6.07, 6.45) is 2.21. The lowest BCUT2D eigenvalue weighted by atomic mass is 10.1. The molecule has 3 heteroatoms. The topological polar surface area (TPSA) is 3.24 Å². The zero-order chi connectivity index (χ0) is 15.1. The van der Waals surface area contributed by atoms with Gasteiger partial charge in [-0.1, -0.05) is 33.8 Å². The predicted molar refractivity (Wildman–Crippen MR) is 87.1 cm³/mol. The maximum Gasteiger partial charge on any atom is 0.129 e.